The summed E-state index contributed by atoms with van der Waals surface area (Å²) < 4.78 is 0. The van der Waals surface area contributed by atoms with Crippen molar-refractivity contribution in [3.8, 4) is 0 Å². The molecule has 124 valence electrons. The molecule has 1 aliphatic carbocycles. The van der Waals surface area contributed by atoms with E-state index in [-0.39, 0.29) is 11.8 Å². The number of nitrogens with zero attached hydrogens (tertiary/aromatic N) is 2. The third kappa shape index (κ3) is 2.53. The first-order valence-electron chi connectivity index (χ1n) is 8.71. The van der Waals surface area contributed by atoms with Crippen molar-refractivity contribution in [2.24, 2.45) is 11.3 Å². The van der Waals surface area contributed by atoms with Crippen LogP contribution in [-0.2, 0) is 9.59 Å². The van der Waals surface area contributed by atoms with Gasteiger partial charge in [0.25, 0.3) is 0 Å². The summed E-state index contributed by atoms with van der Waals surface area (Å²) in [5.74, 6) is -0.251. The van der Waals surface area contributed by atoms with E-state index in [1.54, 1.807) is 0 Å². The lowest BCUT2D eigenvalue weighted by Gasteiger charge is -2.40. The monoisotopic (exact) mass is 308 g/mol. The highest BCUT2D eigenvalue weighted by molar-refractivity contribution is 5.80. The molecule has 2 aliphatic heterocycles. The fraction of sp³-hybridized carbons (Fsp3) is 0.882. The molecule has 5 heteroatoms. The predicted molar refractivity (Wildman–Crippen MR) is 83.5 cm³/mol. The molecule has 3 fully saturated rings. The third-order valence-corrected chi connectivity index (χ3v) is 6.21. The van der Waals surface area contributed by atoms with Crippen LogP contribution >= 0.6 is 0 Å². The molecule has 0 aromatic rings. The van der Waals surface area contributed by atoms with Crippen LogP contribution in [0.5, 0.6) is 0 Å². The van der Waals surface area contributed by atoms with Gasteiger partial charge >= 0.3 is 5.97 Å². The lowest BCUT2D eigenvalue weighted by atomic mass is 9.81. The number of carboxylic acids is 1. The number of amides is 1. The molecule has 0 radical (unpaired) electrons. The highest BCUT2D eigenvalue weighted by Gasteiger charge is 2.55. The van der Waals surface area contributed by atoms with E-state index in [9.17, 15) is 14.7 Å². The molecule has 2 heterocycles. The molecular formula is C17H28N2O3. The maximum atomic E-state index is 12.7. The normalized spacial score (nSPS) is 39.0. The van der Waals surface area contributed by atoms with Gasteiger partial charge < -0.3 is 10.0 Å². The summed E-state index contributed by atoms with van der Waals surface area (Å²) in [4.78, 5) is 28.6. The zero-order valence-electron chi connectivity index (χ0n) is 13.8. The highest BCUT2D eigenvalue weighted by atomic mass is 16.4. The molecule has 2 saturated heterocycles. The standard InChI is InChI=1S/C17H28N2O3/c1-12-5-3-6-13(2)19(12)15(20)10-18-9-14-7-4-8-17(14,11-18)16(21)22/h12-14H,3-11H2,1-2H3,(H,21,22)/t12?,13?,14-,17+/m0/s1. The van der Waals surface area contributed by atoms with Crippen LogP contribution in [0.3, 0.4) is 0 Å². The molecule has 3 aliphatic rings. The van der Waals surface area contributed by atoms with Crippen molar-refractivity contribution in [1.29, 1.82) is 0 Å². The van der Waals surface area contributed by atoms with Gasteiger partial charge in [-0.05, 0) is 51.9 Å². The van der Waals surface area contributed by atoms with Gasteiger partial charge in [0.15, 0.2) is 0 Å². The van der Waals surface area contributed by atoms with E-state index in [0.29, 0.717) is 25.2 Å². The van der Waals surface area contributed by atoms with Crippen LogP contribution < -0.4 is 0 Å². The number of carbonyl (C=O) groups is 2. The van der Waals surface area contributed by atoms with Gasteiger partial charge in [-0.15, -0.1) is 0 Å². The minimum Gasteiger partial charge on any atom is -0.481 e. The van der Waals surface area contributed by atoms with Gasteiger partial charge in [0.2, 0.25) is 5.91 Å². The Kier molecular flexibility index (Phi) is 4.19. The summed E-state index contributed by atoms with van der Waals surface area (Å²) in [5, 5.41) is 9.64. The van der Waals surface area contributed by atoms with Gasteiger partial charge in [-0.1, -0.05) is 6.42 Å². The van der Waals surface area contributed by atoms with Crippen LogP contribution in [0.1, 0.15) is 52.4 Å². The van der Waals surface area contributed by atoms with E-state index in [0.717, 1.165) is 38.6 Å². The number of likely N-dealkylation sites (tertiary alicyclic amines) is 2. The second kappa shape index (κ2) is 5.84. The Morgan fingerprint density at radius 2 is 1.82 bits per heavy atom. The minimum atomic E-state index is -0.662. The van der Waals surface area contributed by atoms with Gasteiger partial charge in [-0.3, -0.25) is 14.5 Å². The Labute approximate surface area is 132 Å². The van der Waals surface area contributed by atoms with E-state index in [4.69, 9.17) is 0 Å². The number of aliphatic carboxylic acids is 1. The van der Waals surface area contributed by atoms with E-state index in [1.165, 1.54) is 6.42 Å². The summed E-state index contributed by atoms with van der Waals surface area (Å²) in [6.07, 6.45) is 6.14. The third-order valence-electron chi connectivity index (χ3n) is 6.21. The average molecular weight is 308 g/mol. The lowest BCUT2D eigenvalue weighted by molar-refractivity contribution is -0.150. The van der Waals surface area contributed by atoms with Crippen LogP contribution in [0.25, 0.3) is 0 Å². The Bertz CT molecular complexity index is 457. The first-order valence-corrected chi connectivity index (χ1v) is 8.71. The van der Waals surface area contributed by atoms with Gasteiger partial charge in [0.05, 0.1) is 12.0 Å². The van der Waals surface area contributed by atoms with Crippen LogP contribution in [-0.4, -0.2) is 58.5 Å². The highest BCUT2D eigenvalue weighted by Crippen LogP contribution is 2.48. The molecule has 22 heavy (non-hydrogen) atoms. The Morgan fingerprint density at radius 3 is 2.41 bits per heavy atom. The molecule has 0 bridgehead atoms. The molecule has 5 nitrogen and oxygen atoms in total. The smallest absolute Gasteiger partial charge is 0.311 e. The van der Waals surface area contributed by atoms with Crippen LogP contribution in [0.4, 0.5) is 0 Å². The van der Waals surface area contributed by atoms with Crippen molar-refractivity contribution in [1.82, 2.24) is 9.80 Å². The number of fused-ring (bicyclic) bond motifs is 1. The fourth-order valence-corrected chi connectivity index (χ4v) is 5.05. The van der Waals surface area contributed by atoms with E-state index in [1.807, 2.05) is 4.90 Å². The van der Waals surface area contributed by atoms with Gasteiger partial charge in [-0.25, -0.2) is 0 Å². The van der Waals surface area contributed by atoms with Gasteiger partial charge in [-0.2, -0.15) is 0 Å². The fourth-order valence-electron chi connectivity index (χ4n) is 5.05. The SMILES string of the molecule is CC1CCCC(C)N1C(=O)CN1C[C@@H]2CCC[C@@]2(C(=O)O)C1. The number of rotatable bonds is 3. The largest absolute Gasteiger partial charge is 0.481 e. The van der Waals surface area contributed by atoms with E-state index in [2.05, 4.69) is 18.7 Å². The summed E-state index contributed by atoms with van der Waals surface area (Å²) in [7, 11) is 0. The quantitative estimate of drug-likeness (QED) is 0.866. The van der Waals surface area contributed by atoms with E-state index < -0.39 is 11.4 Å². The van der Waals surface area contributed by atoms with Crippen molar-refractivity contribution in [3.63, 3.8) is 0 Å². The molecule has 0 aromatic heterocycles. The zero-order valence-corrected chi connectivity index (χ0v) is 13.8. The number of hydrogen-bond donors (Lipinski definition) is 1. The topological polar surface area (TPSA) is 60.9 Å². The first kappa shape index (κ1) is 15.8. The predicted octanol–water partition coefficient (Wildman–Crippen LogP) is 1.96. The summed E-state index contributed by atoms with van der Waals surface area (Å²) in [6, 6.07) is 0.624. The summed E-state index contributed by atoms with van der Waals surface area (Å²) in [6.45, 7) is 5.97. The second-order valence-electron chi connectivity index (χ2n) is 7.65. The minimum absolute atomic E-state index is 0.181. The van der Waals surface area contributed by atoms with Crippen molar-refractivity contribution in [2.45, 2.75) is 64.5 Å². The lowest BCUT2D eigenvalue weighted by Crippen LogP contribution is -2.51. The molecule has 0 spiro atoms. The zero-order chi connectivity index (χ0) is 15.9. The summed E-state index contributed by atoms with van der Waals surface area (Å²) in [5.41, 5.74) is -0.584. The molecular weight excluding hydrogens is 280 g/mol. The van der Waals surface area contributed by atoms with Crippen LogP contribution in [0.15, 0.2) is 0 Å². The first-order chi connectivity index (χ1) is 10.4. The summed E-state index contributed by atoms with van der Waals surface area (Å²) >= 11 is 0. The van der Waals surface area contributed by atoms with Gasteiger partial charge in [0, 0.05) is 25.2 Å². The number of carbonyl (C=O) groups excluding carboxylic acids is 1. The molecule has 0 aromatic carbocycles. The van der Waals surface area contributed by atoms with Crippen LogP contribution in [0, 0.1) is 11.3 Å². The Hall–Kier alpha value is -1.10. The van der Waals surface area contributed by atoms with Crippen molar-refractivity contribution in [3.05, 3.63) is 0 Å². The molecule has 2 unspecified atom stereocenters. The number of hydrogen-bond acceptors (Lipinski definition) is 3. The number of piperidine rings is 1. The molecule has 4 atom stereocenters. The van der Waals surface area contributed by atoms with Crippen molar-refractivity contribution < 1.29 is 14.7 Å². The Morgan fingerprint density at radius 1 is 1.14 bits per heavy atom. The van der Waals surface area contributed by atoms with E-state index >= 15 is 0 Å². The average Bonchev–Trinajstić information content (AvgIpc) is 2.95. The van der Waals surface area contributed by atoms with Crippen LogP contribution in [0.2, 0.25) is 0 Å². The van der Waals surface area contributed by atoms with Gasteiger partial charge in [0.1, 0.15) is 0 Å². The maximum Gasteiger partial charge on any atom is 0.311 e. The molecule has 3 rings (SSSR count). The molecule has 1 amide bonds. The second-order valence-corrected chi connectivity index (χ2v) is 7.65. The Balaban J connectivity index is 1.65. The van der Waals surface area contributed by atoms with Crippen molar-refractivity contribution in [2.75, 3.05) is 19.6 Å². The van der Waals surface area contributed by atoms with Crippen molar-refractivity contribution >= 4 is 11.9 Å². The maximum absolute atomic E-state index is 12.7. The molecule has 1 saturated carbocycles. The number of carboxylic acid groups (broad SMARTS) is 1. The molecule has 1 N–H and O–H groups in total.